The summed E-state index contributed by atoms with van der Waals surface area (Å²) in [5.74, 6) is 1.47. The number of halogens is 1. The van der Waals surface area contributed by atoms with Crippen LogP contribution in [0, 0.1) is 0 Å². The van der Waals surface area contributed by atoms with Gasteiger partial charge in [0.25, 0.3) is 0 Å². The molecule has 90 valence electrons. The smallest absolute Gasteiger partial charge is 0.229 e. The third-order valence-electron chi connectivity index (χ3n) is 2.57. The molecule has 0 spiro atoms. The third kappa shape index (κ3) is 2.92. The molecular formula is C12H14BrN3O. The summed E-state index contributed by atoms with van der Waals surface area (Å²) in [7, 11) is 0. The first-order chi connectivity index (χ1) is 8.20. The summed E-state index contributed by atoms with van der Waals surface area (Å²) >= 11 is 3.39. The van der Waals surface area contributed by atoms with Crippen molar-refractivity contribution in [3.8, 4) is 11.4 Å². The van der Waals surface area contributed by atoms with Crippen LogP contribution in [0.1, 0.15) is 25.2 Å². The average molecular weight is 296 g/mol. The minimum Gasteiger partial charge on any atom is -0.339 e. The van der Waals surface area contributed by atoms with Crippen LogP contribution in [0.4, 0.5) is 0 Å². The summed E-state index contributed by atoms with van der Waals surface area (Å²) in [5.41, 5.74) is 6.45. The molecule has 0 saturated heterocycles. The van der Waals surface area contributed by atoms with Crippen molar-refractivity contribution in [2.75, 3.05) is 6.54 Å². The Balaban J connectivity index is 2.20. The summed E-state index contributed by atoms with van der Waals surface area (Å²) < 4.78 is 6.26. The molecule has 1 heterocycles. The Kier molecular flexibility index (Phi) is 3.91. The molecule has 0 amide bonds. The number of hydrogen-bond acceptors (Lipinski definition) is 4. The molecule has 1 unspecified atom stereocenters. The van der Waals surface area contributed by atoms with Crippen molar-refractivity contribution in [3.63, 3.8) is 0 Å². The largest absolute Gasteiger partial charge is 0.339 e. The lowest BCUT2D eigenvalue weighted by atomic mass is 10.1. The fraction of sp³-hybridized carbons (Fsp3) is 0.333. The van der Waals surface area contributed by atoms with E-state index in [9.17, 15) is 0 Å². The number of rotatable bonds is 4. The van der Waals surface area contributed by atoms with Gasteiger partial charge in [-0.15, -0.1) is 0 Å². The van der Waals surface area contributed by atoms with E-state index in [0.29, 0.717) is 18.3 Å². The molecule has 1 aromatic carbocycles. The molecule has 2 N–H and O–H groups in total. The molecule has 5 heteroatoms. The van der Waals surface area contributed by atoms with Gasteiger partial charge in [0, 0.05) is 16.0 Å². The van der Waals surface area contributed by atoms with Crippen molar-refractivity contribution < 1.29 is 4.52 Å². The standard InChI is InChI=1S/C12H14BrN3O/c1-8(6-7-14)12-15-11(16-17-12)9-2-4-10(13)5-3-9/h2-5,8H,6-7,14H2,1H3. The van der Waals surface area contributed by atoms with Gasteiger partial charge in [0.15, 0.2) is 0 Å². The molecule has 1 atom stereocenters. The van der Waals surface area contributed by atoms with E-state index in [2.05, 4.69) is 26.1 Å². The number of hydrogen-bond donors (Lipinski definition) is 1. The first kappa shape index (κ1) is 12.3. The van der Waals surface area contributed by atoms with Gasteiger partial charge in [0.05, 0.1) is 0 Å². The predicted octanol–water partition coefficient (Wildman–Crippen LogP) is 2.95. The minimum absolute atomic E-state index is 0.205. The molecule has 2 aromatic rings. The topological polar surface area (TPSA) is 64.9 Å². The number of nitrogens with two attached hydrogens (primary N) is 1. The van der Waals surface area contributed by atoms with E-state index in [0.717, 1.165) is 16.5 Å². The molecule has 0 aliphatic rings. The van der Waals surface area contributed by atoms with Crippen LogP contribution in [0.2, 0.25) is 0 Å². The van der Waals surface area contributed by atoms with Gasteiger partial charge in [-0.1, -0.05) is 28.0 Å². The molecule has 0 radical (unpaired) electrons. The lowest BCUT2D eigenvalue weighted by molar-refractivity contribution is 0.355. The Morgan fingerprint density at radius 1 is 1.35 bits per heavy atom. The van der Waals surface area contributed by atoms with Crippen molar-refractivity contribution in [3.05, 3.63) is 34.6 Å². The fourth-order valence-corrected chi connectivity index (χ4v) is 1.79. The van der Waals surface area contributed by atoms with Crippen LogP contribution < -0.4 is 5.73 Å². The summed E-state index contributed by atoms with van der Waals surface area (Å²) in [6.07, 6.45) is 0.849. The second kappa shape index (κ2) is 5.42. The quantitative estimate of drug-likeness (QED) is 0.942. The Labute approximate surface area is 108 Å². The van der Waals surface area contributed by atoms with Gasteiger partial charge in [-0.2, -0.15) is 4.98 Å². The molecule has 0 aliphatic heterocycles. The van der Waals surface area contributed by atoms with E-state index in [1.807, 2.05) is 31.2 Å². The highest BCUT2D eigenvalue weighted by molar-refractivity contribution is 9.10. The van der Waals surface area contributed by atoms with E-state index in [1.54, 1.807) is 0 Å². The van der Waals surface area contributed by atoms with Crippen LogP contribution in [0.3, 0.4) is 0 Å². The highest BCUT2D eigenvalue weighted by atomic mass is 79.9. The second-order valence-electron chi connectivity index (χ2n) is 3.94. The van der Waals surface area contributed by atoms with Gasteiger partial charge in [0.1, 0.15) is 0 Å². The monoisotopic (exact) mass is 295 g/mol. The lowest BCUT2D eigenvalue weighted by Crippen LogP contribution is -2.04. The van der Waals surface area contributed by atoms with E-state index in [1.165, 1.54) is 0 Å². The number of benzene rings is 1. The normalized spacial score (nSPS) is 12.6. The van der Waals surface area contributed by atoms with Gasteiger partial charge in [-0.05, 0) is 37.2 Å². The van der Waals surface area contributed by atoms with Crippen molar-refractivity contribution in [2.45, 2.75) is 19.3 Å². The Bertz CT molecular complexity index is 481. The second-order valence-corrected chi connectivity index (χ2v) is 4.86. The maximum atomic E-state index is 5.51. The van der Waals surface area contributed by atoms with Gasteiger partial charge in [-0.3, -0.25) is 0 Å². The summed E-state index contributed by atoms with van der Waals surface area (Å²) in [4.78, 5) is 4.38. The molecule has 0 saturated carbocycles. The van der Waals surface area contributed by atoms with E-state index < -0.39 is 0 Å². The zero-order valence-electron chi connectivity index (χ0n) is 9.56. The first-order valence-corrected chi connectivity index (χ1v) is 6.29. The molecule has 2 rings (SSSR count). The van der Waals surface area contributed by atoms with E-state index in [4.69, 9.17) is 10.3 Å². The van der Waals surface area contributed by atoms with Crippen molar-refractivity contribution in [2.24, 2.45) is 5.73 Å². The lowest BCUT2D eigenvalue weighted by Gasteiger charge is -2.01. The Morgan fingerprint density at radius 2 is 2.06 bits per heavy atom. The molecule has 1 aromatic heterocycles. The Hall–Kier alpha value is -1.20. The maximum absolute atomic E-state index is 5.51. The van der Waals surface area contributed by atoms with Gasteiger partial charge in [-0.25, -0.2) is 0 Å². The first-order valence-electron chi connectivity index (χ1n) is 5.50. The Morgan fingerprint density at radius 3 is 2.71 bits per heavy atom. The van der Waals surface area contributed by atoms with Crippen LogP contribution in [0.25, 0.3) is 11.4 Å². The van der Waals surface area contributed by atoms with E-state index in [-0.39, 0.29) is 5.92 Å². The van der Waals surface area contributed by atoms with Crippen molar-refractivity contribution >= 4 is 15.9 Å². The SMILES string of the molecule is CC(CCN)c1nc(-c2ccc(Br)cc2)no1. The zero-order chi connectivity index (χ0) is 12.3. The number of aromatic nitrogens is 2. The highest BCUT2D eigenvalue weighted by Crippen LogP contribution is 2.22. The maximum Gasteiger partial charge on any atom is 0.229 e. The predicted molar refractivity (Wildman–Crippen MR) is 69.5 cm³/mol. The van der Waals surface area contributed by atoms with Crippen LogP contribution in [0.15, 0.2) is 33.3 Å². The minimum atomic E-state index is 0.205. The third-order valence-corrected chi connectivity index (χ3v) is 3.09. The number of nitrogens with zero attached hydrogens (tertiary/aromatic N) is 2. The molecular weight excluding hydrogens is 282 g/mol. The summed E-state index contributed by atoms with van der Waals surface area (Å²) in [6, 6.07) is 7.81. The van der Waals surface area contributed by atoms with Crippen LogP contribution in [-0.2, 0) is 0 Å². The molecule has 4 nitrogen and oxygen atoms in total. The van der Waals surface area contributed by atoms with Crippen LogP contribution in [0.5, 0.6) is 0 Å². The molecule has 0 fully saturated rings. The molecule has 17 heavy (non-hydrogen) atoms. The van der Waals surface area contributed by atoms with Gasteiger partial charge >= 0.3 is 0 Å². The zero-order valence-corrected chi connectivity index (χ0v) is 11.1. The van der Waals surface area contributed by atoms with Gasteiger partial charge in [0.2, 0.25) is 11.7 Å². The molecule has 0 aliphatic carbocycles. The molecule has 0 bridgehead atoms. The van der Waals surface area contributed by atoms with Crippen molar-refractivity contribution in [1.82, 2.24) is 10.1 Å². The summed E-state index contributed by atoms with van der Waals surface area (Å²) in [6.45, 7) is 2.66. The van der Waals surface area contributed by atoms with Crippen molar-refractivity contribution in [1.29, 1.82) is 0 Å². The van der Waals surface area contributed by atoms with Gasteiger partial charge < -0.3 is 10.3 Å². The summed E-state index contributed by atoms with van der Waals surface area (Å²) in [5, 5.41) is 3.98. The van der Waals surface area contributed by atoms with Crippen LogP contribution in [-0.4, -0.2) is 16.7 Å². The average Bonchev–Trinajstić information content (AvgIpc) is 2.80. The highest BCUT2D eigenvalue weighted by Gasteiger charge is 2.14. The van der Waals surface area contributed by atoms with Crippen LogP contribution >= 0.6 is 15.9 Å². The van der Waals surface area contributed by atoms with E-state index >= 15 is 0 Å². The fourth-order valence-electron chi connectivity index (χ4n) is 1.53.